The summed E-state index contributed by atoms with van der Waals surface area (Å²) in [5.74, 6) is 0. The summed E-state index contributed by atoms with van der Waals surface area (Å²) in [5, 5.41) is 4.60. The van der Waals surface area contributed by atoms with Gasteiger partial charge in [-0.3, -0.25) is 0 Å². The summed E-state index contributed by atoms with van der Waals surface area (Å²) < 4.78 is 0. The Kier molecular flexibility index (Phi) is 3.86. The lowest BCUT2D eigenvalue weighted by Crippen LogP contribution is -2.11. The van der Waals surface area contributed by atoms with Crippen molar-refractivity contribution in [2.24, 2.45) is 0 Å². The molecule has 0 heterocycles. The van der Waals surface area contributed by atoms with Gasteiger partial charge in [0.05, 0.1) is 0 Å². The Balaban J connectivity index is 2.72. The lowest BCUT2D eigenvalue weighted by atomic mass is 10.2. The van der Waals surface area contributed by atoms with Crippen LogP contribution < -0.4 is 5.32 Å². The van der Waals surface area contributed by atoms with E-state index in [4.69, 9.17) is 23.2 Å². The van der Waals surface area contributed by atoms with E-state index in [1.807, 2.05) is 12.1 Å². The molecule has 0 aromatic heterocycles. The predicted molar refractivity (Wildman–Crippen MR) is 53.8 cm³/mol. The molecule has 1 aromatic rings. The van der Waals surface area contributed by atoms with Crippen molar-refractivity contribution in [2.45, 2.75) is 13.5 Å². The minimum atomic E-state index is 0.681. The monoisotopic (exact) mass is 203 g/mol. The fourth-order valence-electron chi connectivity index (χ4n) is 0.925. The summed E-state index contributed by atoms with van der Waals surface area (Å²) in [7, 11) is 0. The van der Waals surface area contributed by atoms with Crippen molar-refractivity contribution < 1.29 is 0 Å². The van der Waals surface area contributed by atoms with Crippen molar-refractivity contribution in [1.29, 1.82) is 0 Å². The lowest BCUT2D eigenvalue weighted by molar-refractivity contribution is 0.727. The van der Waals surface area contributed by atoms with Crippen LogP contribution in [0.3, 0.4) is 0 Å². The third kappa shape index (κ3) is 2.67. The van der Waals surface area contributed by atoms with E-state index in [2.05, 4.69) is 12.2 Å². The standard InChI is InChI=1S/C9H11Cl2N/c1-2-12-6-7-3-4-8(10)5-9(7)11/h3-5,12H,2,6H2,1H3. The Morgan fingerprint density at radius 1 is 1.33 bits per heavy atom. The molecule has 12 heavy (non-hydrogen) atoms. The number of nitrogens with one attached hydrogen (secondary N) is 1. The van der Waals surface area contributed by atoms with Crippen molar-refractivity contribution in [3.8, 4) is 0 Å². The van der Waals surface area contributed by atoms with Gasteiger partial charge in [-0.25, -0.2) is 0 Å². The van der Waals surface area contributed by atoms with Gasteiger partial charge in [-0.2, -0.15) is 0 Å². The Morgan fingerprint density at radius 3 is 2.67 bits per heavy atom. The van der Waals surface area contributed by atoms with Gasteiger partial charge in [0.15, 0.2) is 0 Å². The minimum absolute atomic E-state index is 0.681. The highest BCUT2D eigenvalue weighted by molar-refractivity contribution is 6.35. The second-order valence-electron chi connectivity index (χ2n) is 2.52. The topological polar surface area (TPSA) is 12.0 Å². The van der Waals surface area contributed by atoms with Crippen molar-refractivity contribution in [1.82, 2.24) is 5.32 Å². The molecule has 1 N–H and O–H groups in total. The molecule has 0 radical (unpaired) electrons. The van der Waals surface area contributed by atoms with Gasteiger partial charge in [-0.1, -0.05) is 36.2 Å². The summed E-state index contributed by atoms with van der Waals surface area (Å²) in [6.07, 6.45) is 0. The third-order valence-electron chi connectivity index (χ3n) is 1.58. The molecule has 0 unspecified atom stereocenters. The van der Waals surface area contributed by atoms with E-state index in [9.17, 15) is 0 Å². The third-order valence-corrected chi connectivity index (χ3v) is 2.17. The Labute approximate surface area is 82.7 Å². The number of hydrogen-bond acceptors (Lipinski definition) is 1. The summed E-state index contributed by atoms with van der Waals surface area (Å²) in [6.45, 7) is 3.80. The Hall–Kier alpha value is -0.240. The fourth-order valence-corrected chi connectivity index (χ4v) is 1.40. The van der Waals surface area contributed by atoms with E-state index < -0.39 is 0 Å². The molecule has 1 nitrogen and oxygen atoms in total. The van der Waals surface area contributed by atoms with E-state index in [1.165, 1.54) is 0 Å². The molecule has 1 rings (SSSR count). The molecule has 66 valence electrons. The average molecular weight is 204 g/mol. The molecule has 0 atom stereocenters. The Morgan fingerprint density at radius 2 is 2.08 bits per heavy atom. The van der Waals surface area contributed by atoms with Crippen molar-refractivity contribution in [2.75, 3.05) is 6.54 Å². The maximum atomic E-state index is 5.94. The van der Waals surface area contributed by atoms with E-state index >= 15 is 0 Å². The van der Waals surface area contributed by atoms with Crippen LogP contribution in [0.15, 0.2) is 18.2 Å². The van der Waals surface area contributed by atoms with Crippen LogP contribution in [0.25, 0.3) is 0 Å². The van der Waals surface area contributed by atoms with Gasteiger partial charge in [-0.05, 0) is 24.2 Å². The van der Waals surface area contributed by atoms with Crippen LogP contribution in [0.1, 0.15) is 12.5 Å². The van der Waals surface area contributed by atoms with Gasteiger partial charge >= 0.3 is 0 Å². The van der Waals surface area contributed by atoms with Gasteiger partial charge < -0.3 is 5.32 Å². The van der Waals surface area contributed by atoms with Crippen molar-refractivity contribution in [3.63, 3.8) is 0 Å². The molecule has 0 aliphatic carbocycles. The van der Waals surface area contributed by atoms with Crippen LogP contribution in [0.5, 0.6) is 0 Å². The summed E-state index contributed by atoms with van der Waals surface area (Å²) in [4.78, 5) is 0. The molecule has 0 bridgehead atoms. The average Bonchev–Trinajstić information content (AvgIpc) is 2.03. The van der Waals surface area contributed by atoms with Crippen LogP contribution >= 0.6 is 23.2 Å². The van der Waals surface area contributed by atoms with Gasteiger partial charge in [0.25, 0.3) is 0 Å². The van der Waals surface area contributed by atoms with E-state index in [0.717, 1.165) is 23.7 Å². The normalized spacial score (nSPS) is 10.2. The predicted octanol–water partition coefficient (Wildman–Crippen LogP) is 3.10. The molecule has 0 saturated carbocycles. The highest BCUT2D eigenvalue weighted by atomic mass is 35.5. The molecule has 0 spiro atoms. The van der Waals surface area contributed by atoms with Crippen LogP contribution in [0.2, 0.25) is 10.0 Å². The summed E-state index contributed by atoms with van der Waals surface area (Å²) in [6, 6.07) is 5.54. The first-order chi connectivity index (χ1) is 5.74. The zero-order valence-electron chi connectivity index (χ0n) is 6.90. The van der Waals surface area contributed by atoms with Crippen LogP contribution in [0.4, 0.5) is 0 Å². The number of benzene rings is 1. The van der Waals surface area contributed by atoms with E-state index in [-0.39, 0.29) is 0 Å². The molecule has 0 fully saturated rings. The Bertz CT molecular complexity index is 261. The largest absolute Gasteiger partial charge is 0.313 e. The van der Waals surface area contributed by atoms with Gasteiger partial charge in [0.1, 0.15) is 0 Å². The number of hydrogen-bond donors (Lipinski definition) is 1. The molecule has 0 aliphatic heterocycles. The SMILES string of the molecule is CCNCc1ccc(Cl)cc1Cl. The molecular weight excluding hydrogens is 193 g/mol. The molecule has 1 aromatic carbocycles. The van der Waals surface area contributed by atoms with Crippen molar-refractivity contribution >= 4 is 23.2 Å². The second-order valence-corrected chi connectivity index (χ2v) is 3.36. The molecule has 3 heteroatoms. The van der Waals surface area contributed by atoms with Gasteiger partial charge in [0, 0.05) is 16.6 Å². The molecule has 0 saturated heterocycles. The van der Waals surface area contributed by atoms with Crippen LogP contribution in [-0.4, -0.2) is 6.54 Å². The lowest BCUT2D eigenvalue weighted by Gasteiger charge is -2.04. The maximum absolute atomic E-state index is 5.94. The summed E-state index contributed by atoms with van der Waals surface area (Å²) in [5.41, 5.74) is 1.09. The maximum Gasteiger partial charge on any atom is 0.0465 e. The van der Waals surface area contributed by atoms with Gasteiger partial charge in [0.2, 0.25) is 0 Å². The highest BCUT2D eigenvalue weighted by Crippen LogP contribution is 2.20. The smallest absolute Gasteiger partial charge is 0.0465 e. The number of halogens is 2. The van der Waals surface area contributed by atoms with E-state index in [0.29, 0.717) is 5.02 Å². The zero-order chi connectivity index (χ0) is 8.97. The van der Waals surface area contributed by atoms with Crippen LogP contribution in [0, 0.1) is 0 Å². The highest BCUT2D eigenvalue weighted by Gasteiger charge is 1.99. The van der Waals surface area contributed by atoms with Gasteiger partial charge in [-0.15, -0.1) is 0 Å². The fraction of sp³-hybridized carbons (Fsp3) is 0.333. The first kappa shape index (κ1) is 9.85. The first-order valence-electron chi connectivity index (χ1n) is 3.88. The minimum Gasteiger partial charge on any atom is -0.313 e. The molecule has 0 aliphatic rings. The van der Waals surface area contributed by atoms with Crippen molar-refractivity contribution in [3.05, 3.63) is 33.8 Å². The zero-order valence-corrected chi connectivity index (χ0v) is 8.41. The quantitative estimate of drug-likeness (QED) is 0.797. The second kappa shape index (κ2) is 4.70. The molecule has 0 amide bonds. The number of rotatable bonds is 3. The van der Waals surface area contributed by atoms with Crippen LogP contribution in [-0.2, 0) is 6.54 Å². The summed E-state index contributed by atoms with van der Waals surface area (Å²) >= 11 is 11.7. The molecular formula is C9H11Cl2N. The first-order valence-corrected chi connectivity index (χ1v) is 4.64. The van der Waals surface area contributed by atoms with E-state index in [1.54, 1.807) is 6.07 Å².